The zero-order chi connectivity index (χ0) is 11.1. The molecule has 4 heteroatoms. The Bertz CT molecular complexity index is 447. The Morgan fingerprint density at radius 3 is 3.06 bits per heavy atom. The summed E-state index contributed by atoms with van der Waals surface area (Å²) >= 11 is 0. The predicted octanol–water partition coefficient (Wildman–Crippen LogP) is 1.08. The van der Waals surface area contributed by atoms with Gasteiger partial charge in [0.1, 0.15) is 11.9 Å². The lowest BCUT2D eigenvalue weighted by atomic mass is 10.1. The first-order chi connectivity index (χ1) is 7.77. The molecule has 2 heterocycles. The van der Waals surface area contributed by atoms with Crippen LogP contribution in [0.1, 0.15) is 12.0 Å². The van der Waals surface area contributed by atoms with E-state index in [0.29, 0.717) is 6.42 Å². The number of carbonyl (C=O) groups is 1. The Morgan fingerprint density at radius 2 is 2.31 bits per heavy atom. The number of rotatable bonds is 1. The van der Waals surface area contributed by atoms with Gasteiger partial charge in [0.15, 0.2) is 0 Å². The third kappa shape index (κ3) is 1.29. The first kappa shape index (κ1) is 9.63. The van der Waals surface area contributed by atoms with Gasteiger partial charge in [-0.25, -0.2) is 4.39 Å². The van der Waals surface area contributed by atoms with E-state index < -0.39 is 0 Å². The Balaban J connectivity index is 1.97. The van der Waals surface area contributed by atoms with Crippen molar-refractivity contribution >= 4 is 11.6 Å². The maximum atomic E-state index is 13.5. The summed E-state index contributed by atoms with van der Waals surface area (Å²) in [5.74, 6) is -0.0875. The van der Waals surface area contributed by atoms with E-state index >= 15 is 0 Å². The number of nitrogens with zero attached hydrogens (tertiary/aromatic N) is 1. The molecule has 0 radical (unpaired) electrons. The van der Waals surface area contributed by atoms with Crippen molar-refractivity contribution in [3.8, 4) is 0 Å². The number of carbonyl (C=O) groups excluding carboxylic acids is 1. The fourth-order valence-electron chi connectivity index (χ4n) is 2.62. The molecular formula is C12H13FN2O. The number of benzene rings is 1. The molecule has 0 spiro atoms. The molecule has 3 rings (SSSR count). The molecule has 1 aromatic carbocycles. The van der Waals surface area contributed by atoms with Crippen LogP contribution in [0.3, 0.4) is 0 Å². The highest BCUT2D eigenvalue weighted by Crippen LogP contribution is 2.32. The van der Waals surface area contributed by atoms with Gasteiger partial charge in [0.2, 0.25) is 5.91 Å². The first-order valence-corrected chi connectivity index (χ1v) is 5.59. The average Bonchev–Trinajstić information content (AvgIpc) is 2.84. The third-order valence-electron chi connectivity index (χ3n) is 3.40. The molecule has 1 aromatic rings. The molecule has 1 atom stereocenters. The smallest absolute Gasteiger partial charge is 0.242 e. The Hall–Kier alpha value is -1.58. The molecule has 3 nitrogen and oxygen atoms in total. The van der Waals surface area contributed by atoms with Crippen LogP contribution in [0.2, 0.25) is 0 Å². The van der Waals surface area contributed by atoms with Crippen molar-refractivity contribution in [1.29, 1.82) is 0 Å². The van der Waals surface area contributed by atoms with Gasteiger partial charge < -0.3 is 10.2 Å². The molecule has 2 aliphatic rings. The van der Waals surface area contributed by atoms with Crippen LogP contribution in [0, 0.1) is 5.82 Å². The van der Waals surface area contributed by atoms with Crippen LogP contribution in [0.25, 0.3) is 0 Å². The van der Waals surface area contributed by atoms with Crippen molar-refractivity contribution < 1.29 is 9.18 Å². The standard InChI is InChI=1S/C12H13FN2O/c13-9-2-1-3-10-8(9)5-7-15(10)11-4-6-14-12(11)16/h1-3,11H,4-7H2,(H,14,16)/t11-/m0/s1. The molecule has 0 aliphatic carbocycles. The van der Waals surface area contributed by atoms with Gasteiger partial charge in [-0.15, -0.1) is 0 Å². The highest BCUT2D eigenvalue weighted by molar-refractivity contribution is 5.88. The number of hydrogen-bond acceptors (Lipinski definition) is 2. The normalized spacial score (nSPS) is 23.4. The maximum absolute atomic E-state index is 13.5. The van der Waals surface area contributed by atoms with Crippen molar-refractivity contribution in [2.45, 2.75) is 18.9 Å². The zero-order valence-corrected chi connectivity index (χ0v) is 8.87. The second kappa shape index (κ2) is 3.47. The van der Waals surface area contributed by atoms with Gasteiger partial charge in [0.25, 0.3) is 0 Å². The molecule has 1 fully saturated rings. The quantitative estimate of drug-likeness (QED) is 0.768. The molecule has 0 aromatic heterocycles. The van der Waals surface area contributed by atoms with Crippen LogP contribution in [-0.4, -0.2) is 25.0 Å². The van der Waals surface area contributed by atoms with Gasteiger partial charge in [-0.3, -0.25) is 4.79 Å². The van der Waals surface area contributed by atoms with Crippen LogP contribution >= 0.6 is 0 Å². The lowest BCUT2D eigenvalue weighted by molar-refractivity contribution is -0.120. The second-order valence-electron chi connectivity index (χ2n) is 4.28. The van der Waals surface area contributed by atoms with Crippen LogP contribution in [0.4, 0.5) is 10.1 Å². The van der Waals surface area contributed by atoms with Crippen LogP contribution < -0.4 is 10.2 Å². The zero-order valence-electron chi connectivity index (χ0n) is 8.87. The number of fused-ring (bicyclic) bond motifs is 1. The number of anilines is 1. The maximum Gasteiger partial charge on any atom is 0.242 e. The fraction of sp³-hybridized carbons (Fsp3) is 0.417. The Kier molecular flexibility index (Phi) is 2.09. The highest BCUT2D eigenvalue weighted by atomic mass is 19.1. The van der Waals surface area contributed by atoms with Gasteiger partial charge in [0.05, 0.1) is 0 Å². The summed E-state index contributed by atoms with van der Waals surface area (Å²) in [5, 5.41) is 2.82. The van der Waals surface area contributed by atoms with Crippen LogP contribution in [-0.2, 0) is 11.2 Å². The lowest BCUT2D eigenvalue weighted by Crippen LogP contribution is -2.39. The molecule has 2 aliphatic heterocycles. The van der Waals surface area contributed by atoms with E-state index in [0.717, 1.165) is 30.8 Å². The molecule has 0 unspecified atom stereocenters. The minimum absolute atomic E-state index is 0.0668. The Morgan fingerprint density at radius 1 is 1.44 bits per heavy atom. The number of nitrogens with one attached hydrogen (secondary N) is 1. The highest BCUT2D eigenvalue weighted by Gasteiger charge is 2.34. The van der Waals surface area contributed by atoms with Crippen molar-refractivity contribution in [2.24, 2.45) is 0 Å². The van der Waals surface area contributed by atoms with E-state index in [4.69, 9.17) is 0 Å². The van der Waals surface area contributed by atoms with Crippen LogP contribution in [0.5, 0.6) is 0 Å². The van der Waals surface area contributed by atoms with Crippen LogP contribution in [0.15, 0.2) is 18.2 Å². The SMILES string of the molecule is O=C1NCC[C@@H]1N1CCc2c(F)cccc21. The van der Waals surface area contributed by atoms with E-state index in [1.807, 2.05) is 11.0 Å². The molecule has 1 amide bonds. The summed E-state index contributed by atoms with van der Waals surface area (Å²) in [6.07, 6.45) is 1.51. The van der Waals surface area contributed by atoms with Gasteiger partial charge in [0, 0.05) is 24.3 Å². The van der Waals surface area contributed by atoms with Gasteiger partial charge in [-0.2, -0.15) is 0 Å². The molecule has 1 N–H and O–H groups in total. The van der Waals surface area contributed by atoms with Crippen molar-refractivity contribution in [3.63, 3.8) is 0 Å². The van der Waals surface area contributed by atoms with Gasteiger partial charge in [-0.1, -0.05) is 6.07 Å². The first-order valence-electron chi connectivity index (χ1n) is 5.59. The van der Waals surface area contributed by atoms with E-state index in [9.17, 15) is 9.18 Å². The van der Waals surface area contributed by atoms with Crippen molar-refractivity contribution in [3.05, 3.63) is 29.6 Å². The molecule has 84 valence electrons. The Labute approximate surface area is 93.2 Å². The molecular weight excluding hydrogens is 207 g/mol. The monoisotopic (exact) mass is 220 g/mol. The topological polar surface area (TPSA) is 32.3 Å². The van der Waals surface area contributed by atoms with E-state index in [1.165, 1.54) is 6.07 Å². The summed E-state index contributed by atoms with van der Waals surface area (Å²) in [6.45, 7) is 1.47. The van der Waals surface area contributed by atoms with E-state index in [2.05, 4.69) is 5.32 Å². The predicted molar refractivity (Wildman–Crippen MR) is 58.9 cm³/mol. The molecule has 16 heavy (non-hydrogen) atoms. The van der Waals surface area contributed by atoms with E-state index in [-0.39, 0.29) is 17.8 Å². The second-order valence-corrected chi connectivity index (χ2v) is 4.28. The summed E-state index contributed by atoms with van der Waals surface area (Å²) in [7, 11) is 0. The van der Waals surface area contributed by atoms with Gasteiger partial charge >= 0.3 is 0 Å². The summed E-state index contributed by atoms with van der Waals surface area (Å²) < 4.78 is 13.5. The summed E-state index contributed by atoms with van der Waals surface area (Å²) in [5.41, 5.74) is 1.64. The lowest BCUT2D eigenvalue weighted by Gasteiger charge is -2.24. The largest absolute Gasteiger partial charge is 0.359 e. The number of halogens is 1. The average molecular weight is 220 g/mol. The minimum Gasteiger partial charge on any atom is -0.359 e. The van der Waals surface area contributed by atoms with Crippen molar-refractivity contribution in [2.75, 3.05) is 18.0 Å². The summed E-state index contributed by atoms with van der Waals surface area (Å²) in [6, 6.07) is 4.98. The number of hydrogen-bond donors (Lipinski definition) is 1. The molecule has 1 saturated heterocycles. The summed E-state index contributed by atoms with van der Waals surface area (Å²) in [4.78, 5) is 13.6. The van der Waals surface area contributed by atoms with E-state index in [1.54, 1.807) is 6.07 Å². The molecule has 0 saturated carbocycles. The van der Waals surface area contributed by atoms with Gasteiger partial charge in [-0.05, 0) is 25.0 Å². The fourth-order valence-corrected chi connectivity index (χ4v) is 2.62. The van der Waals surface area contributed by atoms with Crippen molar-refractivity contribution in [1.82, 2.24) is 5.32 Å². The number of amides is 1. The minimum atomic E-state index is -0.154. The molecule has 0 bridgehead atoms. The third-order valence-corrected chi connectivity index (χ3v) is 3.40.